The molecule has 1 aromatic carbocycles. The van der Waals surface area contributed by atoms with E-state index >= 15 is 0 Å². The summed E-state index contributed by atoms with van der Waals surface area (Å²) in [6.45, 7) is 8.45. The van der Waals surface area contributed by atoms with E-state index in [1.165, 1.54) is 12.1 Å². The molecule has 0 aliphatic carbocycles. The second-order valence-corrected chi connectivity index (χ2v) is 5.29. The molecule has 0 bridgehead atoms. The van der Waals surface area contributed by atoms with Gasteiger partial charge in [0.2, 0.25) is 0 Å². The van der Waals surface area contributed by atoms with Crippen LogP contribution in [0.1, 0.15) is 32.8 Å². The molecule has 102 valence electrons. The topological polar surface area (TPSA) is 15.3 Å². The van der Waals surface area contributed by atoms with Crippen LogP contribution in [0, 0.1) is 5.82 Å². The molecule has 0 spiro atoms. The van der Waals surface area contributed by atoms with Gasteiger partial charge in [0.05, 0.1) is 0 Å². The Labute approximate surface area is 110 Å². The third-order valence-electron chi connectivity index (χ3n) is 3.21. The van der Waals surface area contributed by atoms with Crippen molar-refractivity contribution in [2.24, 2.45) is 0 Å². The Morgan fingerprint density at radius 1 is 1.17 bits per heavy atom. The molecule has 0 fully saturated rings. The van der Waals surface area contributed by atoms with Gasteiger partial charge < -0.3 is 5.32 Å². The zero-order chi connectivity index (χ0) is 13.5. The van der Waals surface area contributed by atoms with E-state index in [0.29, 0.717) is 12.1 Å². The highest BCUT2D eigenvalue weighted by Crippen LogP contribution is 2.09. The summed E-state index contributed by atoms with van der Waals surface area (Å²) < 4.78 is 12.8. The molecule has 0 radical (unpaired) electrons. The summed E-state index contributed by atoms with van der Waals surface area (Å²) in [5.74, 6) is -0.171. The molecule has 0 saturated heterocycles. The number of hydrogen-bond acceptors (Lipinski definition) is 2. The lowest BCUT2D eigenvalue weighted by Crippen LogP contribution is -2.33. The Kier molecular flexibility index (Phi) is 6.30. The largest absolute Gasteiger partial charge is 0.314 e. The fourth-order valence-electron chi connectivity index (χ4n) is 1.83. The first kappa shape index (κ1) is 15.1. The van der Waals surface area contributed by atoms with Crippen LogP contribution in [-0.4, -0.2) is 30.6 Å². The number of nitrogens with zero attached hydrogens (tertiary/aromatic N) is 1. The summed E-state index contributed by atoms with van der Waals surface area (Å²) >= 11 is 0. The molecule has 0 heterocycles. The van der Waals surface area contributed by atoms with Gasteiger partial charge in [0.1, 0.15) is 5.82 Å². The maximum atomic E-state index is 12.8. The highest BCUT2D eigenvalue weighted by molar-refractivity contribution is 5.15. The minimum atomic E-state index is -0.171. The Hall–Kier alpha value is -0.930. The maximum absolute atomic E-state index is 12.8. The van der Waals surface area contributed by atoms with E-state index in [2.05, 4.69) is 38.0 Å². The van der Waals surface area contributed by atoms with Crippen molar-refractivity contribution in [2.75, 3.05) is 13.6 Å². The predicted molar refractivity (Wildman–Crippen MR) is 75.1 cm³/mol. The lowest BCUT2D eigenvalue weighted by Gasteiger charge is -2.25. The monoisotopic (exact) mass is 252 g/mol. The summed E-state index contributed by atoms with van der Waals surface area (Å²) in [6, 6.07) is 7.80. The normalized spacial score (nSPS) is 13.3. The molecule has 1 rings (SSSR count). The summed E-state index contributed by atoms with van der Waals surface area (Å²) in [6.07, 6.45) is 1.12. The quantitative estimate of drug-likeness (QED) is 0.802. The summed E-state index contributed by atoms with van der Waals surface area (Å²) in [4.78, 5) is 2.30. The van der Waals surface area contributed by atoms with Gasteiger partial charge in [-0.1, -0.05) is 26.0 Å². The third kappa shape index (κ3) is 5.61. The van der Waals surface area contributed by atoms with Gasteiger partial charge in [-0.2, -0.15) is 0 Å². The standard InChI is InChI=1S/C15H25FN2/c1-12(2)17-10-9-13(3)18(4)11-14-5-7-15(16)8-6-14/h5-8,12-13,17H,9-11H2,1-4H3. The Bertz CT molecular complexity index is 335. The Balaban J connectivity index is 2.35. The molecule has 1 unspecified atom stereocenters. The van der Waals surface area contributed by atoms with Gasteiger partial charge in [-0.3, -0.25) is 4.90 Å². The summed E-state index contributed by atoms with van der Waals surface area (Å²) in [7, 11) is 2.11. The second-order valence-electron chi connectivity index (χ2n) is 5.29. The second kappa shape index (κ2) is 7.49. The third-order valence-corrected chi connectivity index (χ3v) is 3.21. The molecule has 0 aliphatic heterocycles. The smallest absolute Gasteiger partial charge is 0.123 e. The lowest BCUT2D eigenvalue weighted by atomic mass is 10.1. The summed E-state index contributed by atoms with van der Waals surface area (Å²) in [5, 5.41) is 3.43. The molecule has 3 heteroatoms. The van der Waals surface area contributed by atoms with Crippen LogP contribution < -0.4 is 5.32 Å². The highest BCUT2D eigenvalue weighted by atomic mass is 19.1. The van der Waals surface area contributed by atoms with Gasteiger partial charge in [0, 0.05) is 18.6 Å². The number of halogens is 1. The van der Waals surface area contributed by atoms with Crippen molar-refractivity contribution >= 4 is 0 Å². The average molecular weight is 252 g/mol. The molecule has 1 N–H and O–H groups in total. The van der Waals surface area contributed by atoms with Gasteiger partial charge in [0.25, 0.3) is 0 Å². The molecule has 0 aromatic heterocycles. The van der Waals surface area contributed by atoms with Crippen LogP contribution in [0.2, 0.25) is 0 Å². The van der Waals surface area contributed by atoms with Crippen LogP contribution in [0.3, 0.4) is 0 Å². The van der Waals surface area contributed by atoms with E-state index in [4.69, 9.17) is 0 Å². The van der Waals surface area contributed by atoms with Crippen molar-refractivity contribution in [1.29, 1.82) is 0 Å². The predicted octanol–water partition coefficient (Wildman–Crippen LogP) is 3.03. The Morgan fingerprint density at radius 3 is 2.33 bits per heavy atom. The number of nitrogens with one attached hydrogen (secondary N) is 1. The molecule has 2 nitrogen and oxygen atoms in total. The van der Waals surface area contributed by atoms with Crippen LogP contribution in [0.4, 0.5) is 4.39 Å². The maximum Gasteiger partial charge on any atom is 0.123 e. The van der Waals surface area contributed by atoms with Crippen LogP contribution in [0.15, 0.2) is 24.3 Å². The van der Waals surface area contributed by atoms with Crippen LogP contribution in [0.25, 0.3) is 0 Å². The van der Waals surface area contributed by atoms with Crippen molar-refractivity contribution in [2.45, 2.75) is 45.8 Å². The van der Waals surface area contributed by atoms with Crippen molar-refractivity contribution < 1.29 is 4.39 Å². The molecular formula is C15H25FN2. The van der Waals surface area contributed by atoms with Gasteiger partial charge in [0.15, 0.2) is 0 Å². The van der Waals surface area contributed by atoms with E-state index in [9.17, 15) is 4.39 Å². The molecule has 18 heavy (non-hydrogen) atoms. The zero-order valence-corrected chi connectivity index (χ0v) is 11.9. The van der Waals surface area contributed by atoms with Crippen LogP contribution >= 0.6 is 0 Å². The van der Waals surface area contributed by atoms with Gasteiger partial charge >= 0.3 is 0 Å². The SMILES string of the molecule is CC(C)NCCC(C)N(C)Cc1ccc(F)cc1. The molecule has 0 aliphatic rings. The average Bonchev–Trinajstić information content (AvgIpc) is 2.31. The minimum absolute atomic E-state index is 0.171. The molecule has 0 amide bonds. The van der Waals surface area contributed by atoms with Crippen LogP contribution in [-0.2, 0) is 6.54 Å². The zero-order valence-electron chi connectivity index (χ0n) is 11.9. The van der Waals surface area contributed by atoms with Crippen LogP contribution in [0.5, 0.6) is 0 Å². The van der Waals surface area contributed by atoms with Gasteiger partial charge in [-0.15, -0.1) is 0 Å². The van der Waals surface area contributed by atoms with Crippen molar-refractivity contribution in [3.8, 4) is 0 Å². The van der Waals surface area contributed by atoms with Gasteiger partial charge in [-0.05, 0) is 44.6 Å². The van der Waals surface area contributed by atoms with E-state index < -0.39 is 0 Å². The van der Waals surface area contributed by atoms with Gasteiger partial charge in [-0.25, -0.2) is 4.39 Å². The van der Waals surface area contributed by atoms with Crippen molar-refractivity contribution in [3.63, 3.8) is 0 Å². The minimum Gasteiger partial charge on any atom is -0.314 e. The first-order valence-corrected chi connectivity index (χ1v) is 6.67. The van der Waals surface area contributed by atoms with E-state index in [1.807, 2.05) is 12.1 Å². The Morgan fingerprint density at radius 2 is 1.78 bits per heavy atom. The van der Waals surface area contributed by atoms with E-state index in [0.717, 1.165) is 25.1 Å². The molecule has 1 atom stereocenters. The molecule has 0 saturated carbocycles. The first-order valence-electron chi connectivity index (χ1n) is 6.67. The molecular weight excluding hydrogens is 227 g/mol. The van der Waals surface area contributed by atoms with E-state index in [-0.39, 0.29) is 5.82 Å². The first-order chi connectivity index (χ1) is 8.49. The van der Waals surface area contributed by atoms with Crippen molar-refractivity contribution in [1.82, 2.24) is 10.2 Å². The number of hydrogen-bond donors (Lipinski definition) is 1. The number of rotatable bonds is 7. The fraction of sp³-hybridized carbons (Fsp3) is 0.600. The molecule has 1 aromatic rings. The summed E-state index contributed by atoms with van der Waals surface area (Å²) in [5.41, 5.74) is 1.16. The lowest BCUT2D eigenvalue weighted by molar-refractivity contribution is 0.235. The number of benzene rings is 1. The fourth-order valence-corrected chi connectivity index (χ4v) is 1.83. The van der Waals surface area contributed by atoms with Crippen molar-refractivity contribution in [3.05, 3.63) is 35.6 Å². The van der Waals surface area contributed by atoms with E-state index in [1.54, 1.807) is 0 Å². The highest BCUT2D eigenvalue weighted by Gasteiger charge is 2.09.